The van der Waals surface area contributed by atoms with E-state index in [4.69, 9.17) is 0 Å². The summed E-state index contributed by atoms with van der Waals surface area (Å²) in [5.74, 6) is -0.360. The van der Waals surface area contributed by atoms with Crippen molar-refractivity contribution < 1.29 is 4.79 Å². The minimum atomic E-state index is -0.361. The first kappa shape index (κ1) is 19.0. The molecule has 1 aliphatic heterocycles. The van der Waals surface area contributed by atoms with Gasteiger partial charge in [0.2, 0.25) is 5.43 Å². The van der Waals surface area contributed by atoms with Crippen LogP contribution >= 0.6 is 0 Å². The molecular formula is C26H21N3O2. The normalized spacial score (nSPS) is 12.6. The van der Waals surface area contributed by atoms with E-state index >= 15 is 0 Å². The monoisotopic (exact) mass is 407 g/mol. The number of amides is 1. The quantitative estimate of drug-likeness (QED) is 0.496. The lowest BCUT2D eigenvalue weighted by atomic mass is 9.97. The molecule has 5 nitrogen and oxygen atoms in total. The number of carbonyl (C=O) groups excluding carboxylic acids is 1. The van der Waals surface area contributed by atoms with Crippen molar-refractivity contribution in [2.45, 2.75) is 20.0 Å². The third-order valence-corrected chi connectivity index (χ3v) is 5.65. The Bertz CT molecular complexity index is 1290. The Morgan fingerprint density at radius 1 is 0.806 bits per heavy atom. The Morgan fingerprint density at radius 2 is 1.35 bits per heavy atom. The average Bonchev–Trinajstić information content (AvgIpc) is 2.96. The molecule has 0 radical (unpaired) electrons. The van der Waals surface area contributed by atoms with E-state index in [2.05, 4.69) is 17.2 Å². The number of benzene rings is 3. The van der Waals surface area contributed by atoms with Gasteiger partial charge in [0.1, 0.15) is 0 Å². The van der Waals surface area contributed by atoms with Crippen LogP contribution in [0.5, 0.6) is 0 Å². The molecule has 0 fully saturated rings. The molecule has 0 atom stereocenters. The molecule has 2 heterocycles. The fraction of sp³-hybridized carbons (Fsp3) is 0.115. The molecule has 1 aromatic heterocycles. The Labute approximate surface area is 180 Å². The van der Waals surface area contributed by atoms with Crippen molar-refractivity contribution in [1.29, 1.82) is 0 Å². The molecule has 31 heavy (non-hydrogen) atoms. The smallest absolute Gasteiger partial charge is 0.279 e. The van der Waals surface area contributed by atoms with Gasteiger partial charge in [-0.15, -0.1) is 0 Å². The van der Waals surface area contributed by atoms with E-state index in [0.717, 1.165) is 27.9 Å². The maximum atomic E-state index is 13.5. The van der Waals surface area contributed by atoms with E-state index < -0.39 is 0 Å². The lowest BCUT2D eigenvalue weighted by molar-refractivity contribution is 0.0722. The molecule has 152 valence electrons. The molecule has 0 spiro atoms. The lowest BCUT2D eigenvalue weighted by Crippen LogP contribution is -2.35. The van der Waals surface area contributed by atoms with E-state index in [1.54, 1.807) is 9.58 Å². The van der Waals surface area contributed by atoms with Crippen LogP contribution in [0, 0.1) is 6.92 Å². The van der Waals surface area contributed by atoms with Crippen molar-refractivity contribution >= 4 is 5.91 Å². The van der Waals surface area contributed by atoms with Crippen molar-refractivity contribution in [1.82, 2.24) is 14.7 Å². The highest BCUT2D eigenvalue weighted by molar-refractivity contribution is 5.92. The average molecular weight is 407 g/mol. The first-order chi connectivity index (χ1) is 15.1. The van der Waals surface area contributed by atoms with E-state index in [1.165, 1.54) is 6.07 Å². The van der Waals surface area contributed by atoms with Crippen LogP contribution in [-0.4, -0.2) is 20.6 Å². The lowest BCUT2D eigenvalue weighted by Gasteiger charge is -2.21. The molecule has 3 aromatic carbocycles. The number of aryl methyl sites for hydroxylation is 1. The number of fused-ring (bicyclic) bond motifs is 3. The number of rotatable bonds is 2. The van der Waals surface area contributed by atoms with Crippen molar-refractivity contribution in [3.63, 3.8) is 0 Å². The highest BCUT2D eigenvalue weighted by Gasteiger charge is 2.26. The number of carbonyl (C=O) groups is 1. The zero-order chi connectivity index (χ0) is 21.4. The summed E-state index contributed by atoms with van der Waals surface area (Å²) in [5.41, 5.74) is 5.40. The van der Waals surface area contributed by atoms with Gasteiger partial charge in [0.05, 0.1) is 5.69 Å². The van der Waals surface area contributed by atoms with Crippen LogP contribution in [-0.2, 0) is 13.1 Å². The summed E-state index contributed by atoms with van der Waals surface area (Å²) < 4.78 is 1.65. The Morgan fingerprint density at radius 3 is 1.97 bits per heavy atom. The van der Waals surface area contributed by atoms with Crippen LogP contribution in [0.3, 0.4) is 0 Å². The summed E-state index contributed by atoms with van der Waals surface area (Å²) in [6.45, 7) is 2.65. The van der Waals surface area contributed by atoms with Gasteiger partial charge >= 0.3 is 0 Å². The molecule has 0 saturated carbocycles. The molecule has 0 bridgehead atoms. The fourth-order valence-corrected chi connectivity index (χ4v) is 4.13. The summed E-state index contributed by atoms with van der Waals surface area (Å²) in [4.78, 5) is 28.0. The van der Waals surface area contributed by atoms with E-state index in [-0.39, 0.29) is 17.0 Å². The minimum absolute atomic E-state index is 0.0636. The maximum Gasteiger partial charge on any atom is 0.279 e. The van der Waals surface area contributed by atoms with Crippen LogP contribution in [0.1, 0.15) is 27.3 Å². The van der Waals surface area contributed by atoms with Crippen molar-refractivity contribution in [2.24, 2.45) is 0 Å². The second kappa shape index (κ2) is 7.69. The van der Waals surface area contributed by atoms with Gasteiger partial charge in [0, 0.05) is 24.8 Å². The molecule has 1 amide bonds. The van der Waals surface area contributed by atoms with Crippen molar-refractivity contribution in [3.05, 3.63) is 118 Å². The summed E-state index contributed by atoms with van der Waals surface area (Å²) >= 11 is 0. The molecule has 0 aliphatic carbocycles. The summed E-state index contributed by atoms with van der Waals surface area (Å²) in [6, 6.07) is 27.2. The summed E-state index contributed by atoms with van der Waals surface area (Å²) in [7, 11) is 0. The summed E-state index contributed by atoms with van der Waals surface area (Å²) in [6.07, 6.45) is 0. The van der Waals surface area contributed by atoms with Gasteiger partial charge in [-0.25, -0.2) is 4.68 Å². The first-order valence-corrected chi connectivity index (χ1v) is 10.2. The number of aromatic nitrogens is 2. The Balaban J connectivity index is 1.59. The SMILES string of the molecule is Cc1cc(=O)c(C(=O)N2Cc3ccccc3-c3ccccc3C2)nn1-c1ccccc1. The number of nitrogens with zero attached hydrogens (tertiary/aromatic N) is 3. The topological polar surface area (TPSA) is 55.2 Å². The Kier molecular flexibility index (Phi) is 4.71. The van der Waals surface area contributed by atoms with E-state index in [9.17, 15) is 9.59 Å². The second-order valence-electron chi connectivity index (χ2n) is 7.72. The predicted molar refractivity (Wildman–Crippen MR) is 120 cm³/mol. The molecule has 4 aromatic rings. The van der Waals surface area contributed by atoms with Gasteiger partial charge in [-0.2, -0.15) is 5.10 Å². The van der Waals surface area contributed by atoms with Gasteiger partial charge in [-0.3, -0.25) is 9.59 Å². The first-order valence-electron chi connectivity index (χ1n) is 10.2. The van der Waals surface area contributed by atoms with Gasteiger partial charge in [0.25, 0.3) is 5.91 Å². The minimum Gasteiger partial charge on any atom is -0.328 e. The molecule has 1 aliphatic rings. The predicted octanol–water partition coefficient (Wildman–Crippen LogP) is 4.36. The van der Waals surface area contributed by atoms with Crippen LogP contribution in [0.25, 0.3) is 16.8 Å². The third-order valence-electron chi connectivity index (χ3n) is 5.65. The molecular weight excluding hydrogens is 386 g/mol. The molecule has 0 unspecified atom stereocenters. The van der Waals surface area contributed by atoms with Gasteiger partial charge < -0.3 is 4.90 Å². The van der Waals surface area contributed by atoms with Crippen LogP contribution < -0.4 is 5.43 Å². The number of para-hydroxylation sites is 1. The van der Waals surface area contributed by atoms with Gasteiger partial charge in [-0.05, 0) is 41.3 Å². The van der Waals surface area contributed by atoms with Gasteiger partial charge in [-0.1, -0.05) is 66.7 Å². The zero-order valence-corrected chi connectivity index (χ0v) is 17.2. The highest BCUT2D eigenvalue weighted by Crippen LogP contribution is 2.32. The summed E-state index contributed by atoms with van der Waals surface area (Å²) in [5, 5.41) is 4.47. The van der Waals surface area contributed by atoms with E-state index in [1.807, 2.05) is 73.7 Å². The van der Waals surface area contributed by atoms with Crippen LogP contribution in [0.15, 0.2) is 89.7 Å². The van der Waals surface area contributed by atoms with Crippen LogP contribution in [0.4, 0.5) is 0 Å². The maximum absolute atomic E-state index is 13.5. The zero-order valence-electron chi connectivity index (χ0n) is 17.2. The molecule has 0 saturated heterocycles. The standard InChI is InChI=1S/C26H21N3O2/c1-18-15-24(30)25(27-29(18)21-11-3-2-4-12-21)26(31)28-16-19-9-5-7-13-22(19)23-14-8-6-10-20(23)17-28/h2-15H,16-17H2,1H3. The second-order valence-corrected chi connectivity index (χ2v) is 7.72. The molecule has 5 rings (SSSR count). The largest absolute Gasteiger partial charge is 0.328 e. The van der Waals surface area contributed by atoms with Gasteiger partial charge in [0.15, 0.2) is 5.69 Å². The van der Waals surface area contributed by atoms with Crippen molar-refractivity contribution in [3.8, 4) is 16.8 Å². The highest BCUT2D eigenvalue weighted by atomic mass is 16.2. The Hall–Kier alpha value is -3.99. The van der Waals surface area contributed by atoms with E-state index in [0.29, 0.717) is 18.8 Å². The fourth-order valence-electron chi connectivity index (χ4n) is 4.13. The third kappa shape index (κ3) is 3.44. The number of hydrogen-bond donors (Lipinski definition) is 0. The van der Waals surface area contributed by atoms with Crippen LogP contribution in [0.2, 0.25) is 0 Å². The molecule has 5 heteroatoms. The molecule has 0 N–H and O–H groups in total. The number of hydrogen-bond acceptors (Lipinski definition) is 3. The van der Waals surface area contributed by atoms with Crippen molar-refractivity contribution in [2.75, 3.05) is 0 Å².